The number of fused-ring (bicyclic) bond motifs is 1. The number of rotatable bonds is 4. The molecule has 0 aliphatic heterocycles. The van der Waals surface area contributed by atoms with Gasteiger partial charge in [0.2, 0.25) is 10.0 Å². The Labute approximate surface area is 121 Å². The Morgan fingerprint density at radius 2 is 2.00 bits per heavy atom. The lowest BCUT2D eigenvalue weighted by molar-refractivity contribution is 0.563. The number of H-pyrrole nitrogens is 1. The van der Waals surface area contributed by atoms with E-state index in [9.17, 15) is 8.42 Å². The smallest absolute Gasteiger partial charge is 0.211 e. The third-order valence-electron chi connectivity index (χ3n) is 2.69. The Bertz CT molecular complexity index is 673. The monoisotopic (exact) mass is 321 g/mol. The number of nitrogens with zero attached hydrogens (tertiary/aromatic N) is 1. The van der Waals surface area contributed by atoms with Crippen LogP contribution in [0.15, 0.2) is 12.1 Å². The maximum absolute atomic E-state index is 11.5. The highest BCUT2D eigenvalue weighted by Crippen LogP contribution is 2.27. The summed E-state index contributed by atoms with van der Waals surface area (Å²) in [5.41, 5.74) is 1.36. The van der Waals surface area contributed by atoms with Crippen LogP contribution in [0.3, 0.4) is 0 Å². The van der Waals surface area contributed by atoms with E-state index < -0.39 is 16.1 Å². The van der Waals surface area contributed by atoms with Gasteiger partial charge in [-0.05, 0) is 26.0 Å². The molecular weight excluding hydrogens is 309 g/mol. The number of halogens is 2. The van der Waals surface area contributed by atoms with Crippen molar-refractivity contribution in [3.8, 4) is 0 Å². The molecule has 1 aromatic carbocycles. The standard InChI is InChI=1S/C11H13Cl2N3O2S/c1-3-19(17,18)16-6(2)11-14-9-4-7(12)8(13)5-10(9)15-11/h4-6,16H,3H2,1-2H3,(H,14,15). The first kappa shape index (κ1) is 14.6. The molecule has 5 nitrogen and oxygen atoms in total. The van der Waals surface area contributed by atoms with Crippen LogP contribution in [0.4, 0.5) is 0 Å². The molecule has 0 amide bonds. The minimum absolute atomic E-state index is 0.0230. The summed E-state index contributed by atoms with van der Waals surface area (Å²) >= 11 is 11.8. The summed E-state index contributed by atoms with van der Waals surface area (Å²) < 4.78 is 25.5. The molecule has 0 saturated carbocycles. The molecule has 0 aliphatic carbocycles. The van der Waals surface area contributed by atoms with Crippen molar-refractivity contribution in [2.75, 3.05) is 5.75 Å². The van der Waals surface area contributed by atoms with Gasteiger partial charge >= 0.3 is 0 Å². The molecule has 0 bridgehead atoms. The van der Waals surface area contributed by atoms with Crippen molar-refractivity contribution in [3.05, 3.63) is 28.0 Å². The number of aromatic nitrogens is 2. The predicted molar refractivity (Wildman–Crippen MR) is 77.1 cm³/mol. The highest BCUT2D eigenvalue weighted by Gasteiger charge is 2.17. The Balaban J connectivity index is 2.36. The fourth-order valence-corrected chi connectivity index (χ4v) is 2.78. The van der Waals surface area contributed by atoms with E-state index in [4.69, 9.17) is 23.2 Å². The topological polar surface area (TPSA) is 74.8 Å². The molecule has 1 atom stereocenters. The van der Waals surface area contributed by atoms with Crippen LogP contribution >= 0.6 is 23.2 Å². The molecule has 1 heterocycles. The highest BCUT2D eigenvalue weighted by atomic mass is 35.5. The van der Waals surface area contributed by atoms with Gasteiger partial charge in [-0.3, -0.25) is 0 Å². The molecule has 0 spiro atoms. The number of imidazole rings is 1. The van der Waals surface area contributed by atoms with Crippen LogP contribution in [0.5, 0.6) is 0 Å². The molecule has 0 saturated heterocycles. The molecule has 0 aliphatic rings. The second-order valence-corrected chi connectivity index (χ2v) is 7.01. The number of hydrogen-bond acceptors (Lipinski definition) is 3. The van der Waals surface area contributed by atoms with Gasteiger partial charge in [-0.2, -0.15) is 0 Å². The average Bonchev–Trinajstić information content (AvgIpc) is 2.72. The number of nitrogens with one attached hydrogen (secondary N) is 2. The molecule has 1 aromatic heterocycles. The molecule has 2 rings (SSSR count). The van der Waals surface area contributed by atoms with Crippen molar-refractivity contribution in [1.29, 1.82) is 0 Å². The van der Waals surface area contributed by atoms with Crippen LogP contribution in [0.25, 0.3) is 11.0 Å². The van der Waals surface area contributed by atoms with Gasteiger partial charge < -0.3 is 4.98 Å². The molecule has 2 aromatic rings. The third kappa shape index (κ3) is 3.20. The fraction of sp³-hybridized carbons (Fsp3) is 0.364. The Hall–Kier alpha value is -0.820. The largest absolute Gasteiger partial charge is 0.341 e. The van der Waals surface area contributed by atoms with Crippen LogP contribution < -0.4 is 4.72 Å². The van der Waals surface area contributed by atoms with E-state index >= 15 is 0 Å². The number of aromatic amines is 1. The van der Waals surface area contributed by atoms with Gasteiger partial charge in [-0.15, -0.1) is 0 Å². The lowest BCUT2D eigenvalue weighted by atomic mass is 10.3. The van der Waals surface area contributed by atoms with E-state index in [1.54, 1.807) is 26.0 Å². The van der Waals surface area contributed by atoms with Crippen LogP contribution in [0, 0.1) is 0 Å². The Morgan fingerprint density at radius 1 is 1.37 bits per heavy atom. The quantitative estimate of drug-likeness (QED) is 0.909. The van der Waals surface area contributed by atoms with Gasteiger partial charge in [-0.25, -0.2) is 18.1 Å². The van der Waals surface area contributed by atoms with E-state index in [-0.39, 0.29) is 5.75 Å². The van der Waals surface area contributed by atoms with Gasteiger partial charge in [0, 0.05) is 0 Å². The molecule has 0 radical (unpaired) electrons. The zero-order valence-corrected chi connectivity index (χ0v) is 12.7. The zero-order chi connectivity index (χ0) is 14.2. The molecule has 1 unspecified atom stereocenters. The summed E-state index contributed by atoms with van der Waals surface area (Å²) in [4.78, 5) is 7.34. The summed E-state index contributed by atoms with van der Waals surface area (Å²) in [6.45, 7) is 3.29. The highest BCUT2D eigenvalue weighted by molar-refractivity contribution is 7.89. The van der Waals surface area contributed by atoms with Crippen molar-refractivity contribution < 1.29 is 8.42 Å². The molecule has 8 heteroatoms. The van der Waals surface area contributed by atoms with Crippen molar-refractivity contribution in [2.45, 2.75) is 19.9 Å². The van der Waals surface area contributed by atoms with Gasteiger partial charge in [0.25, 0.3) is 0 Å². The van der Waals surface area contributed by atoms with Crippen LogP contribution in [0.1, 0.15) is 25.7 Å². The predicted octanol–water partition coefficient (Wildman–Crippen LogP) is 2.87. The van der Waals surface area contributed by atoms with Gasteiger partial charge in [0.05, 0.1) is 32.9 Å². The van der Waals surface area contributed by atoms with E-state index in [1.165, 1.54) is 0 Å². The third-order valence-corrected chi connectivity index (χ3v) is 4.88. The van der Waals surface area contributed by atoms with E-state index in [0.717, 1.165) is 0 Å². The summed E-state index contributed by atoms with van der Waals surface area (Å²) in [5.74, 6) is 0.542. The first-order chi connectivity index (χ1) is 8.82. The minimum Gasteiger partial charge on any atom is -0.341 e. The summed E-state index contributed by atoms with van der Waals surface area (Å²) in [6.07, 6.45) is 0. The first-order valence-electron chi connectivity index (χ1n) is 5.67. The second-order valence-electron chi connectivity index (χ2n) is 4.15. The maximum Gasteiger partial charge on any atom is 0.211 e. The molecule has 104 valence electrons. The number of hydrogen-bond donors (Lipinski definition) is 2. The summed E-state index contributed by atoms with van der Waals surface area (Å²) in [5, 5.41) is 0.833. The van der Waals surface area contributed by atoms with Crippen LogP contribution in [0.2, 0.25) is 10.0 Å². The van der Waals surface area contributed by atoms with Gasteiger partial charge in [0.1, 0.15) is 5.82 Å². The molecular formula is C11H13Cl2N3O2S. The van der Waals surface area contributed by atoms with Crippen LogP contribution in [-0.2, 0) is 10.0 Å². The fourth-order valence-electron chi connectivity index (χ4n) is 1.64. The Kier molecular flexibility index (Phi) is 4.06. The summed E-state index contributed by atoms with van der Waals surface area (Å²) in [6, 6.07) is 2.85. The van der Waals surface area contributed by atoms with E-state index in [1.807, 2.05) is 0 Å². The SMILES string of the molecule is CCS(=O)(=O)NC(C)c1nc2cc(Cl)c(Cl)cc2[nH]1. The van der Waals surface area contributed by atoms with Crippen molar-refractivity contribution in [2.24, 2.45) is 0 Å². The minimum atomic E-state index is -3.28. The van der Waals surface area contributed by atoms with Crippen molar-refractivity contribution in [1.82, 2.24) is 14.7 Å². The van der Waals surface area contributed by atoms with Crippen molar-refractivity contribution >= 4 is 44.3 Å². The summed E-state index contributed by atoms with van der Waals surface area (Å²) in [7, 11) is -3.28. The molecule has 0 fully saturated rings. The first-order valence-corrected chi connectivity index (χ1v) is 8.08. The molecule has 19 heavy (non-hydrogen) atoms. The number of benzene rings is 1. The van der Waals surface area contributed by atoms with E-state index in [2.05, 4.69) is 14.7 Å². The second kappa shape index (κ2) is 5.28. The lowest BCUT2D eigenvalue weighted by Crippen LogP contribution is -2.28. The molecule has 2 N–H and O–H groups in total. The average molecular weight is 322 g/mol. The van der Waals surface area contributed by atoms with Gasteiger partial charge in [0.15, 0.2) is 0 Å². The Morgan fingerprint density at radius 3 is 2.63 bits per heavy atom. The van der Waals surface area contributed by atoms with Crippen LogP contribution in [-0.4, -0.2) is 24.1 Å². The van der Waals surface area contributed by atoms with E-state index in [0.29, 0.717) is 26.9 Å². The van der Waals surface area contributed by atoms with Gasteiger partial charge in [-0.1, -0.05) is 23.2 Å². The maximum atomic E-state index is 11.5. The number of sulfonamides is 1. The zero-order valence-electron chi connectivity index (χ0n) is 10.4. The van der Waals surface area contributed by atoms with Crippen molar-refractivity contribution in [3.63, 3.8) is 0 Å². The normalized spacial score (nSPS) is 13.9. The lowest BCUT2D eigenvalue weighted by Gasteiger charge is -2.10.